The van der Waals surface area contributed by atoms with Gasteiger partial charge in [0.05, 0.1) is 0 Å². The first-order chi connectivity index (χ1) is 10.6. The van der Waals surface area contributed by atoms with Gasteiger partial charge < -0.3 is 15.1 Å². The zero-order chi connectivity index (χ0) is 15.5. The predicted molar refractivity (Wildman–Crippen MR) is 108 cm³/mol. The summed E-state index contributed by atoms with van der Waals surface area (Å²) in [7, 11) is 2.11. The van der Waals surface area contributed by atoms with E-state index in [4.69, 9.17) is 0 Å². The van der Waals surface area contributed by atoms with Crippen molar-refractivity contribution in [1.29, 1.82) is 0 Å². The van der Waals surface area contributed by atoms with Crippen LogP contribution in [0.1, 0.15) is 18.9 Å². The first-order valence-corrected chi connectivity index (χ1v) is 9.20. The van der Waals surface area contributed by atoms with Crippen LogP contribution in [0.4, 0.5) is 5.69 Å². The van der Waals surface area contributed by atoms with Gasteiger partial charge in [-0.3, -0.25) is 4.79 Å². The van der Waals surface area contributed by atoms with Crippen molar-refractivity contribution in [2.75, 3.05) is 36.5 Å². The van der Waals surface area contributed by atoms with E-state index in [0.29, 0.717) is 12.5 Å². The predicted octanol–water partition coefficient (Wildman–Crippen LogP) is 2.79. The molecule has 1 amide bonds. The number of likely N-dealkylation sites (N-methyl/N-ethyl adjacent to an activating group) is 1. The Bertz CT molecular complexity index is 540. The molecule has 2 aliphatic rings. The number of fused-ring (bicyclic) bond motifs is 1. The van der Waals surface area contributed by atoms with Crippen molar-refractivity contribution in [2.45, 2.75) is 32.0 Å². The van der Waals surface area contributed by atoms with Gasteiger partial charge in [0.15, 0.2) is 0 Å². The molecular weight excluding hydrogens is 365 g/mol. The van der Waals surface area contributed by atoms with Gasteiger partial charge in [-0.05, 0) is 18.6 Å². The molecule has 0 aliphatic carbocycles. The van der Waals surface area contributed by atoms with E-state index in [1.54, 1.807) is 0 Å². The van der Waals surface area contributed by atoms with Gasteiger partial charge in [0, 0.05) is 62.4 Å². The molecule has 2 aliphatic heterocycles. The van der Waals surface area contributed by atoms with Crippen LogP contribution in [0.25, 0.3) is 0 Å². The largest absolute Gasteiger partial charge is 0.372 e. The summed E-state index contributed by atoms with van der Waals surface area (Å²) in [6, 6.07) is 8.98. The van der Waals surface area contributed by atoms with Gasteiger partial charge in [-0.2, -0.15) is 11.8 Å². The van der Waals surface area contributed by atoms with Crippen LogP contribution >= 0.6 is 36.6 Å². The van der Waals surface area contributed by atoms with Gasteiger partial charge >= 0.3 is 0 Å². The third-order valence-corrected chi connectivity index (χ3v) is 5.68. The van der Waals surface area contributed by atoms with Crippen molar-refractivity contribution in [3.8, 4) is 0 Å². The Balaban J connectivity index is 0.00000144. The molecule has 3 rings (SSSR count). The number of hydrogen-bond acceptors (Lipinski definition) is 4. The lowest BCUT2D eigenvalue weighted by atomic mass is 10.1. The maximum absolute atomic E-state index is 12.8. The van der Waals surface area contributed by atoms with Crippen LogP contribution < -0.4 is 10.2 Å². The summed E-state index contributed by atoms with van der Waals surface area (Å²) < 4.78 is 0. The molecule has 4 nitrogen and oxygen atoms in total. The minimum atomic E-state index is 0. The molecular formula is C17H27Cl2N3OS. The molecule has 1 aromatic rings. The number of nitrogens with one attached hydrogen (secondary N) is 1. The Morgan fingerprint density at radius 3 is 2.79 bits per heavy atom. The minimum Gasteiger partial charge on any atom is -0.372 e. The molecule has 0 saturated carbocycles. The van der Waals surface area contributed by atoms with E-state index >= 15 is 0 Å². The van der Waals surface area contributed by atoms with E-state index in [0.717, 1.165) is 31.1 Å². The molecule has 7 heteroatoms. The number of thioether (sulfide) groups is 1. The molecule has 1 N–H and O–H groups in total. The van der Waals surface area contributed by atoms with Crippen LogP contribution in [0.5, 0.6) is 0 Å². The average Bonchev–Trinajstić information content (AvgIpc) is 2.65. The summed E-state index contributed by atoms with van der Waals surface area (Å²) in [5, 5.41) is 3.47. The van der Waals surface area contributed by atoms with Gasteiger partial charge in [0.1, 0.15) is 0 Å². The van der Waals surface area contributed by atoms with Crippen molar-refractivity contribution in [3.05, 3.63) is 29.8 Å². The van der Waals surface area contributed by atoms with Crippen molar-refractivity contribution < 1.29 is 4.79 Å². The maximum atomic E-state index is 12.8. The monoisotopic (exact) mass is 391 g/mol. The maximum Gasteiger partial charge on any atom is 0.224 e. The fraction of sp³-hybridized carbons (Fsp3) is 0.588. The van der Waals surface area contributed by atoms with Gasteiger partial charge in [-0.1, -0.05) is 18.2 Å². The lowest BCUT2D eigenvalue weighted by Crippen LogP contribution is -2.46. The normalized spacial score (nSPS) is 23.4. The highest BCUT2D eigenvalue weighted by Gasteiger charge is 2.28. The summed E-state index contributed by atoms with van der Waals surface area (Å²) in [4.78, 5) is 17.1. The molecule has 1 aromatic carbocycles. The molecule has 2 unspecified atom stereocenters. The lowest BCUT2D eigenvalue weighted by Gasteiger charge is -2.31. The van der Waals surface area contributed by atoms with Crippen molar-refractivity contribution >= 4 is 48.2 Å². The zero-order valence-corrected chi connectivity index (χ0v) is 16.7. The number of nitrogens with zero attached hydrogens (tertiary/aromatic N) is 2. The van der Waals surface area contributed by atoms with E-state index < -0.39 is 0 Å². The fourth-order valence-corrected chi connectivity index (χ4v) is 4.31. The topological polar surface area (TPSA) is 35.6 Å². The highest BCUT2D eigenvalue weighted by Crippen LogP contribution is 2.26. The Hall–Kier alpha value is -0.620. The number of benzene rings is 1. The molecule has 136 valence electrons. The van der Waals surface area contributed by atoms with Crippen LogP contribution in [0.2, 0.25) is 0 Å². The highest BCUT2D eigenvalue weighted by atomic mass is 35.5. The number of halogens is 2. The van der Waals surface area contributed by atoms with Crippen LogP contribution in [-0.4, -0.2) is 54.5 Å². The van der Waals surface area contributed by atoms with E-state index in [1.807, 2.05) is 11.8 Å². The van der Waals surface area contributed by atoms with E-state index in [2.05, 4.69) is 53.4 Å². The molecule has 0 spiro atoms. The molecule has 1 saturated heterocycles. The molecule has 24 heavy (non-hydrogen) atoms. The number of carbonyl (C=O) groups excluding carboxylic acids is 1. The quantitative estimate of drug-likeness (QED) is 0.840. The number of anilines is 1. The Morgan fingerprint density at radius 2 is 2.08 bits per heavy atom. The van der Waals surface area contributed by atoms with Gasteiger partial charge in [-0.15, -0.1) is 24.8 Å². The Morgan fingerprint density at radius 1 is 1.33 bits per heavy atom. The first-order valence-electron chi connectivity index (χ1n) is 8.05. The Labute approximate surface area is 161 Å². The van der Waals surface area contributed by atoms with Crippen LogP contribution in [-0.2, 0) is 11.3 Å². The van der Waals surface area contributed by atoms with E-state index in [-0.39, 0.29) is 36.8 Å². The SMILES string of the molecule is CC1CN(C)c2ccccc2CN1C(=O)CC1CSCCN1.Cl.Cl. The molecule has 0 bridgehead atoms. The third kappa shape index (κ3) is 4.94. The van der Waals surface area contributed by atoms with Crippen molar-refractivity contribution in [1.82, 2.24) is 10.2 Å². The zero-order valence-electron chi connectivity index (χ0n) is 14.2. The van der Waals surface area contributed by atoms with Crippen LogP contribution in [0.3, 0.4) is 0 Å². The number of amides is 1. The summed E-state index contributed by atoms with van der Waals surface area (Å²) in [6.07, 6.45) is 0.614. The van der Waals surface area contributed by atoms with Gasteiger partial charge in [0.2, 0.25) is 5.91 Å². The van der Waals surface area contributed by atoms with Crippen molar-refractivity contribution in [3.63, 3.8) is 0 Å². The fourth-order valence-electron chi connectivity index (χ4n) is 3.36. The highest BCUT2D eigenvalue weighted by molar-refractivity contribution is 7.99. The number of para-hydroxylation sites is 1. The minimum absolute atomic E-state index is 0. The van der Waals surface area contributed by atoms with Crippen LogP contribution in [0.15, 0.2) is 24.3 Å². The second-order valence-corrected chi connectivity index (χ2v) is 7.46. The lowest BCUT2D eigenvalue weighted by molar-refractivity contribution is -0.134. The molecule has 1 fully saturated rings. The van der Waals surface area contributed by atoms with Gasteiger partial charge in [0.25, 0.3) is 0 Å². The second kappa shape index (κ2) is 9.76. The number of hydrogen-bond donors (Lipinski definition) is 1. The third-order valence-electron chi connectivity index (χ3n) is 4.55. The van der Waals surface area contributed by atoms with Crippen LogP contribution in [0, 0.1) is 0 Å². The summed E-state index contributed by atoms with van der Waals surface area (Å²) in [6.45, 7) is 4.78. The second-order valence-electron chi connectivity index (χ2n) is 6.31. The average molecular weight is 392 g/mol. The smallest absolute Gasteiger partial charge is 0.224 e. The van der Waals surface area contributed by atoms with E-state index in [9.17, 15) is 4.79 Å². The Kier molecular flexibility index (Phi) is 8.71. The summed E-state index contributed by atoms with van der Waals surface area (Å²) in [5.74, 6) is 2.48. The van der Waals surface area contributed by atoms with Crippen molar-refractivity contribution in [2.24, 2.45) is 0 Å². The molecule has 2 heterocycles. The molecule has 2 atom stereocenters. The van der Waals surface area contributed by atoms with E-state index in [1.165, 1.54) is 11.3 Å². The number of carbonyl (C=O) groups is 1. The van der Waals surface area contributed by atoms with Gasteiger partial charge in [-0.25, -0.2) is 0 Å². The molecule has 0 aromatic heterocycles. The summed E-state index contributed by atoms with van der Waals surface area (Å²) >= 11 is 1.94. The first kappa shape index (κ1) is 21.4. The number of rotatable bonds is 2. The summed E-state index contributed by atoms with van der Waals surface area (Å²) in [5.41, 5.74) is 2.49. The molecule has 0 radical (unpaired) electrons. The standard InChI is InChI=1S/C17H25N3OS.2ClH/c1-13-10-19(2)16-6-4-3-5-14(16)11-20(13)17(21)9-15-12-22-8-7-18-15;;/h3-6,13,15,18H,7-12H2,1-2H3;2*1H.